The van der Waals surface area contributed by atoms with E-state index in [9.17, 15) is 5.11 Å². The summed E-state index contributed by atoms with van der Waals surface area (Å²) in [5, 5.41) is 13.0. The summed E-state index contributed by atoms with van der Waals surface area (Å²) in [6.45, 7) is 4.06. The molecule has 78 valence electrons. The van der Waals surface area contributed by atoms with Gasteiger partial charge in [0.25, 0.3) is 0 Å². The van der Waals surface area contributed by atoms with Crippen molar-refractivity contribution in [2.45, 2.75) is 19.8 Å². The maximum atomic E-state index is 9.76. The van der Waals surface area contributed by atoms with E-state index in [4.69, 9.17) is 0 Å². The minimum Gasteiger partial charge on any atom is -0.508 e. The predicted octanol–water partition coefficient (Wildman–Crippen LogP) is 2.89. The summed E-state index contributed by atoms with van der Waals surface area (Å²) in [4.78, 5) is 0. The smallest absolute Gasteiger partial charge is 0.119 e. The van der Waals surface area contributed by atoms with Crippen molar-refractivity contribution in [3.63, 3.8) is 0 Å². The topological polar surface area (TPSA) is 32.3 Å². The second-order valence-electron chi connectivity index (χ2n) is 3.91. The minimum absolute atomic E-state index is 0.174. The predicted molar refractivity (Wildman–Crippen MR) is 61.5 cm³/mol. The van der Waals surface area contributed by atoms with Crippen molar-refractivity contribution in [2.24, 2.45) is 0 Å². The lowest BCUT2D eigenvalue weighted by Gasteiger charge is -2.20. The van der Waals surface area contributed by atoms with Crippen molar-refractivity contribution in [3.05, 3.63) is 53.4 Å². The molecule has 15 heavy (non-hydrogen) atoms. The third-order valence-electron chi connectivity index (χ3n) is 2.55. The van der Waals surface area contributed by atoms with E-state index in [1.165, 1.54) is 0 Å². The molecule has 0 aromatic heterocycles. The normalized spacial score (nSPS) is 16.7. The van der Waals surface area contributed by atoms with Crippen LogP contribution in [0.25, 0.3) is 0 Å². The number of hydrogen-bond donors (Lipinski definition) is 2. The van der Waals surface area contributed by atoms with Gasteiger partial charge < -0.3 is 10.4 Å². The van der Waals surface area contributed by atoms with Gasteiger partial charge in [-0.3, -0.25) is 0 Å². The molecule has 1 heterocycles. The van der Waals surface area contributed by atoms with Crippen molar-refractivity contribution in [3.8, 4) is 5.75 Å². The lowest BCUT2D eigenvalue weighted by Crippen LogP contribution is -2.14. The first-order chi connectivity index (χ1) is 7.16. The molecule has 0 bridgehead atoms. The Morgan fingerprint density at radius 1 is 1.07 bits per heavy atom. The zero-order chi connectivity index (χ0) is 10.8. The molecule has 2 rings (SSSR count). The summed E-state index contributed by atoms with van der Waals surface area (Å²) in [6, 6.07) is 7.47. The third kappa shape index (κ3) is 2.04. The van der Waals surface area contributed by atoms with Crippen molar-refractivity contribution < 1.29 is 5.11 Å². The number of rotatable bonds is 1. The van der Waals surface area contributed by atoms with Crippen molar-refractivity contribution >= 4 is 0 Å². The van der Waals surface area contributed by atoms with Gasteiger partial charge in [0.15, 0.2) is 0 Å². The van der Waals surface area contributed by atoms with E-state index in [1.54, 1.807) is 6.07 Å². The minimum atomic E-state index is 0.174. The zero-order valence-electron chi connectivity index (χ0n) is 8.99. The third-order valence-corrected chi connectivity index (χ3v) is 2.55. The number of dihydropyridines is 1. The second-order valence-corrected chi connectivity index (χ2v) is 3.91. The van der Waals surface area contributed by atoms with Gasteiger partial charge in [-0.25, -0.2) is 0 Å². The zero-order valence-corrected chi connectivity index (χ0v) is 8.99. The van der Waals surface area contributed by atoms with Crippen LogP contribution in [0.2, 0.25) is 0 Å². The van der Waals surface area contributed by atoms with Gasteiger partial charge in [-0.05, 0) is 19.9 Å². The average Bonchev–Trinajstić information content (AvgIpc) is 2.16. The SMILES string of the molecule is CC1=CC(c2ccccc2O)C=C(C)N1. The number of para-hydroxylation sites is 1. The molecule has 1 aliphatic heterocycles. The quantitative estimate of drug-likeness (QED) is 0.732. The molecule has 2 N–H and O–H groups in total. The Morgan fingerprint density at radius 2 is 1.67 bits per heavy atom. The number of phenolic OH excluding ortho intramolecular Hbond substituents is 1. The molecule has 0 radical (unpaired) electrons. The van der Waals surface area contributed by atoms with Gasteiger partial charge in [-0.1, -0.05) is 30.4 Å². The van der Waals surface area contributed by atoms with Gasteiger partial charge in [0.05, 0.1) is 0 Å². The van der Waals surface area contributed by atoms with Gasteiger partial charge in [-0.2, -0.15) is 0 Å². The molecule has 0 unspecified atom stereocenters. The van der Waals surface area contributed by atoms with Gasteiger partial charge in [-0.15, -0.1) is 0 Å². The molecule has 0 aliphatic carbocycles. The molecule has 0 atom stereocenters. The fourth-order valence-corrected chi connectivity index (χ4v) is 1.93. The largest absolute Gasteiger partial charge is 0.508 e. The Morgan fingerprint density at radius 3 is 2.27 bits per heavy atom. The average molecular weight is 201 g/mol. The molecule has 0 saturated carbocycles. The van der Waals surface area contributed by atoms with E-state index < -0.39 is 0 Å². The summed E-state index contributed by atoms with van der Waals surface area (Å²) in [5.74, 6) is 0.532. The number of nitrogens with one attached hydrogen (secondary N) is 1. The first-order valence-electron chi connectivity index (χ1n) is 5.08. The van der Waals surface area contributed by atoms with E-state index in [-0.39, 0.29) is 5.92 Å². The number of hydrogen-bond acceptors (Lipinski definition) is 2. The van der Waals surface area contributed by atoms with E-state index in [1.807, 2.05) is 32.0 Å². The maximum absolute atomic E-state index is 9.76. The van der Waals surface area contributed by atoms with Crippen LogP contribution in [0.1, 0.15) is 25.3 Å². The number of aromatic hydroxyl groups is 1. The molecule has 0 saturated heterocycles. The van der Waals surface area contributed by atoms with Crippen LogP contribution in [0.4, 0.5) is 0 Å². The Kier molecular flexibility index (Phi) is 2.50. The van der Waals surface area contributed by atoms with E-state index in [0.717, 1.165) is 17.0 Å². The first-order valence-corrected chi connectivity index (χ1v) is 5.08. The summed E-state index contributed by atoms with van der Waals surface area (Å²) in [5.41, 5.74) is 3.21. The highest BCUT2D eigenvalue weighted by Gasteiger charge is 2.13. The molecular weight excluding hydrogens is 186 g/mol. The van der Waals surface area contributed by atoms with Crippen molar-refractivity contribution in [1.82, 2.24) is 5.32 Å². The second kappa shape index (κ2) is 3.81. The molecular formula is C13H15NO. The number of benzene rings is 1. The van der Waals surface area contributed by atoms with Crippen LogP contribution in [0.15, 0.2) is 47.8 Å². The van der Waals surface area contributed by atoms with Gasteiger partial charge in [0.1, 0.15) is 5.75 Å². The summed E-state index contributed by atoms with van der Waals surface area (Å²) in [7, 11) is 0. The standard InChI is InChI=1S/C13H15NO/c1-9-7-11(8-10(2)14-9)12-5-3-4-6-13(12)15/h3-8,11,14-15H,1-2H3. The highest BCUT2D eigenvalue weighted by atomic mass is 16.3. The molecule has 0 amide bonds. The fourth-order valence-electron chi connectivity index (χ4n) is 1.93. The lowest BCUT2D eigenvalue weighted by atomic mass is 9.94. The van der Waals surface area contributed by atoms with E-state index in [0.29, 0.717) is 5.75 Å². The summed E-state index contributed by atoms with van der Waals surface area (Å²) >= 11 is 0. The Hall–Kier alpha value is -1.70. The van der Waals surface area contributed by atoms with Crippen LogP contribution >= 0.6 is 0 Å². The van der Waals surface area contributed by atoms with Crippen LogP contribution in [0.5, 0.6) is 5.75 Å². The van der Waals surface area contributed by atoms with Crippen LogP contribution in [0.3, 0.4) is 0 Å². The number of phenols is 1. The Labute approximate surface area is 89.9 Å². The van der Waals surface area contributed by atoms with Crippen LogP contribution in [0, 0.1) is 0 Å². The van der Waals surface area contributed by atoms with Gasteiger partial charge in [0.2, 0.25) is 0 Å². The van der Waals surface area contributed by atoms with Gasteiger partial charge >= 0.3 is 0 Å². The summed E-state index contributed by atoms with van der Waals surface area (Å²) in [6.07, 6.45) is 4.23. The monoisotopic (exact) mass is 201 g/mol. The summed E-state index contributed by atoms with van der Waals surface area (Å²) < 4.78 is 0. The van der Waals surface area contributed by atoms with E-state index >= 15 is 0 Å². The molecule has 2 nitrogen and oxygen atoms in total. The van der Waals surface area contributed by atoms with Crippen LogP contribution in [-0.2, 0) is 0 Å². The van der Waals surface area contributed by atoms with E-state index in [2.05, 4.69) is 17.5 Å². The molecule has 2 heteroatoms. The molecule has 0 spiro atoms. The Balaban J connectivity index is 2.39. The molecule has 1 aromatic rings. The van der Waals surface area contributed by atoms with Gasteiger partial charge in [0, 0.05) is 22.9 Å². The van der Waals surface area contributed by atoms with Crippen molar-refractivity contribution in [2.75, 3.05) is 0 Å². The fraction of sp³-hybridized carbons (Fsp3) is 0.231. The highest BCUT2D eigenvalue weighted by Crippen LogP contribution is 2.30. The highest BCUT2D eigenvalue weighted by molar-refractivity contribution is 5.42. The van der Waals surface area contributed by atoms with Crippen LogP contribution < -0.4 is 5.32 Å². The number of allylic oxidation sites excluding steroid dienone is 4. The Bertz CT molecular complexity index is 414. The maximum Gasteiger partial charge on any atom is 0.119 e. The molecule has 0 fully saturated rings. The van der Waals surface area contributed by atoms with Crippen molar-refractivity contribution in [1.29, 1.82) is 0 Å². The molecule has 1 aromatic carbocycles. The first kappa shape index (κ1) is 9.84. The van der Waals surface area contributed by atoms with Crippen LogP contribution in [-0.4, -0.2) is 5.11 Å². The lowest BCUT2D eigenvalue weighted by molar-refractivity contribution is 0.467. The molecule has 1 aliphatic rings.